The number of nitrogens with one attached hydrogen (secondary N) is 2. The fourth-order valence-electron chi connectivity index (χ4n) is 3.01. The van der Waals surface area contributed by atoms with Crippen LogP contribution in [0.2, 0.25) is 0 Å². The lowest BCUT2D eigenvalue weighted by Gasteiger charge is -2.31. The molecule has 138 valence electrons. The van der Waals surface area contributed by atoms with Gasteiger partial charge >= 0.3 is 0 Å². The molecule has 2 aliphatic rings. The van der Waals surface area contributed by atoms with E-state index in [2.05, 4.69) is 15.6 Å². The van der Waals surface area contributed by atoms with E-state index in [0.29, 0.717) is 25.0 Å². The van der Waals surface area contributed by atoms with Crippen LogP contribution < -0.4 is 10.6 Å². The van der Waals surface area contributed by atoms with Crippen molar-refractivity contribution < 1.29 is 9.59 Å². The summed E-state index contributed by atoms with van der Waals surface area (Å²) >= 11 is 0. The topological polar surface area (TPSA) is 77.0 Å². The number of hydrogen-bond acceptors (Lipinski definition) is 3. The number of halogens is 1. The van der Waals surface area contributed by atoms with Gasteiger partial charge in [-0.3, -0.25) is 9.59 Å². The smallest absolute Gasteiger partial charge is 0.243 e. The molecule has 1 aliphatic heterocycles. The summed E-state index contributed by atoms with van der Waals surface area (Å²) in [4.78, 5) is 31.1. The molecule has 0 aromatic heterocycles. The van der Waals surface area contributed by atoms with Crippen LogP contribution in [0, 0.1) is 0 Å². The number of aliphatic imine (C=N–C) groups is 1. The molecule has 1 aliphatic carbocycles. The number of guanidine groups is 1. The molecule has 24 heavy (non-hydrogen) atoms. The first-order valence-corrected chi connectivity index (χ1v) is 8.47. The Balaban J connectivity index is 0.00000288. The van der Waals surface area contributed by atoms with Crippen molar-refractivity contribution in [2.75, 3.05) is 34.2 Å². The number of carbonyl (C=O) groups is 2. The number of hydrogen-bond donors (Lipinski definition) is 2. The van der Waals surface area contributed by atoms with Gasteiger partial charge in [-0.1, -0.05) is 12.8 Å². The average Bonchev–Trinajstić information content (AvgIpc) is 3.01. The van der Waals surface area contributed by atoms with Crippen molar-refractivity contribution in [1.82, 2.24) is 20.4 Å². The summed E-state index contributed by atoms with van der Waals surface area (Å²) in [6.45, 7) is 0.808. The highest BCUT2D eigenvalue weighted by Gasteiger charge is 2.24. The van der Waals surface area contributed by atoms with Gasteiger partial charge in [-0.2, -0.15) is 0 Å². The minimum absolute atomic E-state index is 0. The molecule has 1 atom stereocenters. The molecule has 1 saturated carbocycles. The van der Waals surface area contributed by atoms with Crippen molar-refractivity contribution in [2.24, 2.45) is 4.99 Å². The van der Waals surface area contributed by atoms with Crippen LogP contribution in [0.5, 0.6) is 0 Å². The Hall–Kier alpha value is -1.06. The average molecular weight is 451 g/mol. The number of carbonyl (C=O) groups excluding carboxylic acids is 2. The normalized spacial score (nSPS) is 22.1. The van der Waals surface area contributed by atoms with Crippen LogP contribution in [0.4, 0.5) is 0 Å². The lowest BCUT2D eigenvalue weighted by atomic mass is 10.1. The van der Waals surface area contributed by atoms with Gasteiger partial charge in [0.05, 0.1) is 0 Å². The van der Waals surface area contributed by atoms with Crippen LogP contribution >= 0.6 is 24.0 Å². The van der Waals surface area contributed by atoms with E-state index in [4.69, 9.17) is 0 Å². The van der Waals surface area contributed by atoms with E-state index in [1.165, 1.54) is 12.8 Å². The first kappa shape index (κ1) is 21.0. The van der Waals surface area contributed by atoms with Gasteiger partial charge in [0, 0.05) is 46.2 Å². The first-order chi connectivity index (χ1) is 11.0. The SMILES string of the molecule is CN(C)C(=O)CN=C(NC1CCCC1)NC1CCC(=O)N(C)C1.I. The summed E-state index contributed by atoms with van der Waals surface area (Å²) in [5.41, 5.74) is 0. The highest BCUT2D eigenvalue weighted by Crippen LogP contribution is 2.17. The maximum Gasteiger partial charge on any atom is 0.243 e. The number of nitrogens with zero attached hydrogens (tertiary/aromatic N) is 3. The van der Waals surface area contributed by atoms with Gasteiger partial charge in [-0.05, 0) is 19.3 Å². The number of piperidine rings is 1. The van der Waals surface area contributed by atoms with Gasteiger partial charge in [0.2, 0.25) is 11.8 Å². The molecular weight excluding hydrogens is 421 g/mol. The van der Waals surface area contributed by atoms with E-state index >= 15 is 0 Å². The Morgan fingerprint density at radius 3 is 2.42 bits per heavy atom. The molecule has 7 nitrogen and oxygen atoms in total. The number of amides is 2. The molecule has 8 heteroatoms. The zero-order valence-electron chi connectivity index (χ0n) is 14.9. The third-order valence-corrected chi connectivity index (χ3v) is 4.53. The second-order valence-corrected chi connectivity index (χ2v) is 6.73. The molecule has 2 fully saturated rings. The zero-order valence-corrected chi connectivity index (χ0v) is 17.2. The van der Waals surface area contributed by atoms with E-state index in [1.807, 2.05) is 7.05 Å². The second kappa shape index (κ2) is 10.0. The van der Waals surface area contributed by atoms with E-state index in [9.17, 15) is 9.59 Å². The summed E-state index contributed by atoms with van der Waals surface area (Å²) in [6.07, 6.45) is 6.12. The fourth-order valence-corrected chi connectivity index (χ4v) is 3.01. The molecule has 0 aromatic rings. The van der Waals surface area contributed by atoms with Crippen LogP contribution in [0.3, 0.4) is 0 Å². The van der Waals surface area contributed by atoms with Crippen LogP contribution in [-0.2, 0) is 9.59 Å². The highest BCUT2D eigenvalue weighted by molar-refractivity contribution is 14.0. The Kier molecular flexibility index (Phi) is 8.79. The van der Waals surface area contributed by atoms with E-state index < -0.39 is 0 Å². The maximum absolute atomic E-state index is 11.8. The molecule has 0 spiro atoms. The van der Waals surface area contributed by atoms with Crippen LogP contribution in [0.15, 0.2) is 4.99 Å². The third kappa shape index (κ3) is 6.45. The summed E-state index contributed by atoms with van der Waals surface area (Å²) in [5, 5.41) is 6.85. The minimum Gasteiger partial charge on any atom is -0.354 e. The summed E-state index contributed by atoms with van der Waals surface area (Å²) in [7, 11) is 5.29. The number of likely N-dealkylation sites (N-methyl/N-ethyl adjacent to an activating group) is 2. The second-order valence-electron chi connectivity index (χ2n) is 6.73. The molecule has 0 radical (unpaired) electrons. The molecule has 2 rings (SSSR count). The summed E-state index contributed by atoms with van der Waals surface area (Å²) in [5.74, 6) is 0.862. The van der Waals surface area contributed by atoms with E-state index in [-0.39, 0.29) is 48.4 Å². The largest absolute Gasteiger partial charge is 0.354 e. The predicted molar refractivity (Wildman–Crippen MR) is 106 cm³/mol. The van der Waals surface area contributed by atoms with Gasteiger partial charge in [-0.15, -0.1) is 24.0 Å². The number of rotatable bonds is 4. The molecule has 2 N–H and O–H groups in total. The minimum atomic E-state index is -0.0199. The lowest BCUT2D eigenvalue weighted by Crippen LogP contribution is -2.53. The third-order valence-electron chi connectivity index (χ3n) is 4.53. The summed E-state index contributed by atoms with van der Waals surface area (Å²) < 4.78 is 0. The molecule has 2 amide bonds. The Morgan fingerprint density at radius 1 is 1.21 bits per heavy atom. The lowest BCUT2D eigenvalue weighted by molar-refractivity contribution is -0.132. The predicted octanol–water partition coefficient (Wildman–Crippen LogP) is 0.791. The van der Waals surface area contributed by atoms with Crippen molar-refractivity contribution in [2.45, 2.75) is 50.6 Å². The van der Waals surface area contributed by atoms with Gasteiger partial charge in [0.25, 0.3) is 0 Å². The van der Waals surface area contributed by atoms with Gasteiger partial charge in [-0.25, -0.2) is 4.99 Å². The molecule has 0 aromatic carbocycles. The van der Waals surface area contributed by atoms with Crippen molar-refractivity contribution in [3.8, 4) is 0 Å². The molecule has 0 bridgehead atoms. The van der Waals surface area contributed by atoms with E-state index in [0.717, 1.165) is 19.3 Å². The van der Waals surface area contributed by atoms with Crippen molar-refractivity contribution >= 4 is 41.8 Å². The van der Waals surface area contributed by atoms with Crippen molar-refractivity contribution in [1.29, 1.82) is 0 Å². The van der Waals surface area contributed by atoms with E-state index in [1.54, 1.807) is 23.9 Å². The van der Waals surface area contributed by atoms with Crippen molar-refractivity contribution in [3.63, 3.8) is 0 Å². The van der Waals surface area contributed by atoms with Gasteiger partial charge < -0.3 is 20.4 Å². The van der Waals surface area contributed by atoms with Crippen LogP contribution in [-0.4, -0.2) is 73.9 Å². The standard InChI is InChI=1S/C16H29N5O2.HI/c1-20(2)15(23)10-17-16(18-12-6-4-5-7-12)19-13-8-9-14(22)21(3)11-13;/h12-13H,4-11H2,1-3H3,(H2,17,18,19);1H. The maximum atomic E-state index is 11.8. The Bertz CT molecular complexity index is 463. The van der Waals surface area contributed by atoms with Gasteiger partial charge in [0.15, 0.2) is 5.96 Å². The van der Waals surface area contributed by atoms with Crippen LogP contribution in [0.25, 0.3) is 0 Å². The highest BCUT2D eigenvalue weighted by atomic mass is 127. The first-order valence-electron chi connectivity index (χ1n) is 8.47. The fraction of sp³-hybridized carbons (Fsp3) is 0.812. The zero-order chi connectivity index (χ0) is 16.8. The Morgan fingerprint density at radius 2 is 1.83 bits per heavy atom. The summed E-state index contributed by atoms with van der Waals surface area (Å²) in [6, 6.07) is 0.610. The molecule has 1 saturated heterocycles. The molecular formula is C16H30IN5O2. The molecule has 1 heterocycles. The number of likely N-dealkylation sites (tertiary alicyclic amines) is 1. The Labute approximate surface area is 161 Å². The van der Waals surface area contributed by atoms with Crippen molar-refractivity contribution in [3.05, 3.63) is 0 Å². The van der Waals surface area contributed by atoms with Gasteiger partial charge in [0.1, 0.15) is 6.54 Å². The monoisotopic (exact) mass is 451 g/mol. The molecule has 1 unspecified atom stereocenters. The van der Waals surface area contributed by atoms with Crippen LogP contribution in [0.1, 0.15) is 38.5 Å². The quantitative estimate of drug-likeness (QED) is 0.377.